The van der Waals surface area contributed by atoms with Crippen LogP contribution in [0.2, 0.25) is 10.0 Å². The molecule has 2 N–H and O–H groups in total. The van der Waals surface area contributed by atoms with E-state index in [4.69, 9.17) is 28.9 Å². The highest BCUT2D eigenvalue weighted by atomic mass is 35.5. The lowest BCUT2D eigenvalue weighted by Crippen LogP contribution is -2.19. The van der Waals surface area contributed by atoms with Crippen LogP contribution in [0.4, 0.5) is 5.69 Å². The first-order chi connectivity index (χ1) is 10.0. The minimum absolute atomic E-state index is 0.192. The molecule has 6 heteroatoms. The number of benzene rings is 1. The van der Waals surface area contributed by atoms with Crippen LogP contribution in [0.3, 0.4) is 0 Å². The molecule has 4 nitrogen and oxygen atoms in total. The Labute approximate surface area is 130 Å². The van der Waals surface area contributed by atoms with Crippen LogP contribution in [0, 0.1) is 0 Å². The van der Waals surface area contributed by atoms with Gasteiger partial charge in [-0.1, -0.05) is 23.2 Å². The zero-order valence-corrected chi connectivity index (χ0v) is 12.6. The molecule has 0 amide bonds. The van der Waals surface area contributed by atoms with Crippen molar-refractivity contribution in [1.29, 1.82) is 0 Å². The van der Waals surface area contributed by atoms with Crippen molar-refractivity contribution in [3.05, 3.63) is 57.1 Å². The van der Waals surface area contributed by atoms with Crippen LogP contribution in [-0.4, -0.2) is 9.55 Å². The number of halogens is 2. The van der Waals surface area contributed by atoms with E-state index in [1.54, 1.807) is 48.3 Å². The van der Waals surface area contributed by atoms with Crippen molar-refractivity contribution >= 4 is 39.8 Å². The third kappa shape index (κ3) is 2.17. The quantitative estimate of drug-likeness (QED) is 0.698. The average Bonchev–Trinajstić information content (AvgIpc) is 2.48. The number of nitrogens with zero attached hydrogens (tertiary/aromatic N) is 2. The molecule has 0 aliphatic rings. The highest BCUT2D eigenvalue weighted by Gasteiger charge is 2.16. The van der Waals surface area contributed by atoms with Gasteiger partial charge >= 0.3 is 0 Å². The molecule has 0 saturated carbocycles. The summed E-state index contributed by atoms with van der Waals surface area (Å²) in [5, 5.41) is 1.49. The number of anilines is 1. The molecule has 106 valence electrons. The van der Waals surface area contributed by atoms with Crippen LogP contribution in [0.25, 0.3) is 22.0 Å². The van der Waals surface area contributed by atoms with Gasteiger partial charge in [0.05, 0.1) is 26.8 Å². The highest BCUT2D eigenvalue weighted by Crippen LogP contribution is 2.37. The predicted molar refractivity (Wildman–Crippen MR) is 86.9 cm³/mol. The van der Waals surface area contributed by atoms with Gasteiger partial charge in [0, 0.05) is 30.4 Å². The molecule has 1 aromatic carbocycles. The molecule has 3 rings (SSSR count). The Morgan fingerprint density at radius 1 is 1.24 bits per heavy atom. The van der Waals surface area contributed by atoms with Crippen molar-refractivity contribution in [2.45, 2.75) is 0 Å². The number of nitrogens with two attached hydrogens (primary N) is 1. The lowest BCUT2D eigenvalue weighted by molar-refractivity contribution is 0.907. The number of aromatic nitrogens is 2. The van der Waals surface area contributed by atoms with Gasteiger partial charge < -0.3 is 10.3 Å². The molecule has 21 heavy (non-hydrogen) atoms. The summed E-state index contributed by atoms with van der Waals surface area (Å²) in [5.41, 5.74) is 7.64. The average molecular weight is 320 g/mol. The maximum absolute atomic E-state index is 12.6. The van der Waals surface area contributed by atoms with E-state index in [0.29, 0.717) is 21.8 Å². The highest BCUT2D eigenvalue weighted by molar-refractivity contribution is 6.40. The summed E-state index contributed by atoms with van der Waals surface area (Å²) in [4.78, 5) is 16.7. The van der Waals surface area contributed by atoms with Crippen molar-refractivity contribution < 1.29 is 0 Å². The number of pyridine rings is 2. The van der Waals surface area contributed by atoms with Gasteiger partial charge in [0.25, 0.3) is 5.56 Å². The van der Waals surface area contributed by atoms with Crippen molar-refractivity contribution in [2.75, 3.05) is 5.73 Å². The molecule has 2 heterocycles. The SMILES string of the molecule is Cn1c(=O)c(-c2c(Cl)ccc(N)c2Cl)cc2cnccc21. The number of fused-ring (bicyclic) bond motifs is 1. The molecular formula is C15H11Cl2N3O. The van der Waals surface area contributed by atoms with Gasteiger partial charge in [0.1, 0.15) is 0 Å². The maximum atomic E-state index is 12.6. The molecule has 0 radical (unpaired) electrons. The second kappa shape index (κ2) is 5.06. The monoisotopic (exact) mass is 319 g/mol. The Morgan fingerprint density at radius 2 is 2.00 bits per heavy atom. The van der Waals surface area contributed by atoms with Crippen LogP contribution < -0.4 is 11.3 Å². The molecule has 0 fully saturated rings. The van der Waals surface area contributed by atoms with E-state index < -0.39 is 0 Å². The number of hydrogen-bond acceptors (Lipinski definition) is 3. The zero-order chi connectivity index (χ0) is 15.1. The van der Waals surface area contributed by atoms with Gasteiger partial charge in [-0.3, -0.25) is 9.78 Å². The third-order valence-corrected chi connectivity index (χ3v) is 4.14. The van der Waals surface area contributed by atoms with Crippen LogP contribution >= 0.6 is 23.2 Å². The second-order valence-electron chi connectivity index (χ2n) is 4.68. The lowest BCUT2D eigenvalue weighted by Gasteiger charge is -2.12. The molecule has 0 saturated heterocycles. The molecule has 0 bridgehead atoms. The van der Waals surface area contributed by atoms with E-state index in [1.807, 2.05) is 0 Å². The molecule has 0 atom stereocenters. The summed E-state index contributed by atoms with van der Waals surface area (Å²) in [5.74, 6) is 0. The van der Waals surface area contributed by atoms with Crippen molar-refractivity contribution in [2.24, 2.45) is 7.05 Å². The van der Waals surface area contributed by atoms with Crippen molar-refractivity contribution in [3.8, 4) is 11.1 Å². The summed E-state index contributed by atoms with van der Waals surface area (Å²) in [6.07, 6.45) is 3.33. The summed E-state index contributed by atoms with van der Waals surface area (Å²) < 4.78 is 1.54. The number of hydrogen-bond donors (Lipinski definition) is 1. The Hall–Kier alpha value is -2.04. The standard InChI is InChI=1S/C15H11Cl2N3O/c1-20-12-4-5-19-7-8(12)6-9(15(20)21)13-10(16)2-3-11(18)14(13)17/h2-7H,18H2,1H3. The van der Waals surface area contributed by atoms with Crippen LogP contribution in [0.1, 0.15) is 0 Å². The maximum Gasteiger partial charge on any atom is 0.258 e. The van der Waals surface area contributed by atoms with Crippen molar-refractivity contribution in [1.82, 2.24) is 9.55 Å². The van der Waals surface area contributed by atoms with Gasteiger partial charge in [0.15, 0.2) is 0 Å². The largest absolute Gasteiger partial charge is 0.398 e. The fraction of sp³-hybridized carbons (Fsp3) is 0.0667. The summed E-state index contributed by atoms with van der Waals surface area (Å²) in [7, 11) is 1.70. The fourth-order valence-corrected chi connectivity index (χ4v) is 2.89. The van der Waals surface area contributed by atoms with Gasteiger partial charge in [-0.05, 0) is 24.3 Å². The van der Waals surface area contributed by atoms with E-state index in [9.17, 15) is 4.79 Å². The first-order valence-electron chi connectivity index (χ1n) is 6.18. The van der Waals surface area contributed by atoms with Gasteiger partial charge in [-0.25, -0.2) is 0 Å². The van der Waals surface area contributed by atoms with Crippen LogP contribution in [-0.2, 0) is 7.05 Å². The molecule has 2 aromatic heterocycles. The summed E-state index contributed by atoms with van der Waals surface area (Å²) >= 11 is 12.4. The molecule has 3 aromatic rings. The summed E-state index contributed by atoms with van der Waals surface area (Å²) in [6.45, 7) is 0. The molecule has 0 aliphatic carbocycles. The topological polar surface area (TPSA) is 60.9 Å². The molecule has 0 spiro atoms. The molecule has 0 unspecified atom stereocenters. The van der Waals surface area contributed by atoms with E-state index in [1.165, 1.54) is 0 Å². The van der Waals surface area contributed by atoms with Crippen molar-refractivity contribution in [3.63, 3.8) is 0 Å². The predicted octanol–water partition coefficient (Wildman–Crippen LogP) is 3.49. The van der Waals surface area contributed by atoms with E-state index in [2.05, 4.69) is 4.98 Å². The summed E-state index contributed by atoms with van der Waals surface area (Å²) in [6, 6.07) is 6.76. The fourth-order valence-electron chi connectivity index (χ4n) is 2.32. The minimum Gasteiger partial charge on any atom is -0.398 e. The smallest absolute Gasteiger partial charge is 0.258 e. The first kappa shape index (κ1) is 13.9. The van der Waals surface area contributed by atoms with E-state index in [0.717, 1.165) is 10.9 Å². The first-order valence-corrected chi connectivity index (χ1v) is 6.94. The van der Waals surface area contributed by atoms with Gasteiger partial charge in [0.2, 0.25) is 0 Å². The van der Waals surface area contributed by atoms with E-state index >= 15 is 0 Å². The van der Waals surface area contributed by atoms with Gasteiger partial charge in [-0.2, -0.15) is 0 Å². The Balaban J connectivity index is 2.45. The zero-order valence-electron chi connectivity index (χ0n) is 11.1. The molecule has 0 aliphatic heterocycles. The van der Waals surface area contributed by atoms with E-state index in [-0.39, 0.29) is 10.6 Å². The Kier molecular flexibility index (Phi) is 3.35. The van der Waals surface area contributed by atoms with Crippen LogP contribution in [0.5, 0.6) is 0 Å². The second-order valence-corrected chi connectivity index (χ2v) is 5.47. The van der Waals surface area contributed by atoms with Crippen LogP contribution in [0.15, 0.2) is 41.5 Å². The van der Waals surface area contributed by atoms with Gasteiger partial charge in [-0.15, -0.1) is 0 Å². The third-order valence-electron chi connectivity index (χ3n) is 3.41. The minimum atomic E-state index is -0.192. The lowest BCUT2D eigenvalue weighted by atomic mass is 10.0. The number of nitrogen functional groups attached to an aromatic ring is 1. The Morgan fingerprint density at radius 3 is 2.76 bits per heavy atom. The molecular weight excluding hydrogens is 309 g/mol. The normalized spacial score (nSPS) is 11.0. The Bertz CT molecular complexity index is 919. The number of aryl methyl sites for hydroxylation is 1. The number of rotatable bonds is 1.